The van der Waals surface area contributed by atoms with Crippen LogP contribution in [0.1, 0.15) is 65.3 Å². The van der Waals surface area contributed by atoms with Crippen LogP contribution in [0.2, 0.25) is 0 Å². The Hall–Kier alpha value is -5.05. The van der Waals surface area contributed by atoms with Gasteiger partial charge in [-0.1, -0.05) is 63.7 Å². The largest absolute Gasteiger partial charge is 0.507 e. The van der Waals surface area contributed by atoms with Crippen LogP contribution in [0, 0.1) is 12.3 Å². The molecule has 4 aromatic rings. The maximum absolute atomic E-state index is 14.5. The molecule has 56 heavy (non-hydrogen) atoms. The normalized spacial score (nSPS) is 19.1. The standard InChI is InChI=1S/C42H55N9O4S/c1-25(28-13-15-29(16-14-28)36-27(3)44-24-56-36)45-26(2)33-21-30(52)23-51(33)39(54)37(41(4,5)6)46-40(55)42(7,8)50-19-17-49(18-20-50)34-22-32(47-48-38(34)43)31-11-9-10-12-35(31)53/h9-16,22,24-25,30,33,37,45,52-53H,2,17-21,23H2,1,3-8H3,(H2,43,48)(H,46,55)/t25-,30+,33-,37+/m0/s1. The van der Waals surface area contributed by atoms with Gasteiger partial charge in [0.1, 0.15) is 11.8 Å². The van der Waals surface area contributed by atoms with Gasteiger partial charge in [-0.15, -0.1) is 21.5 Å². The van der Waals surface area contributed by atoms with Crippen LogP contribution in [0.15, 0.2) is 72.4 Å². The molecule has 2 aromatic carbocycles. The van der Waals surface area contributed by atoms with Crippen LogP contribution >= 0.6 is 11.3 Å². The van der Waals surface area contributed by atoms with Crippen molar-refractivity contribution in [3.05, 3.63) is 83.6 Å². The van der Waals surface area contributed by atoms with Crippen molar-refractivity contribution < 1.29 is 19.8 Å². The highest BCUT2D eigenvalue weighted by molar-refractivity contribution is 7.13. The first kappa shape index (κ1) is 40.6. The molecule has 2 amide bonds. The van der Waals surface area contributed by atoms with E-state index in [1.807, 2.05) is 66.1 Å². The summed E-state index contributed by atoms with van der Waals surface area (Å²) >= 11 is 1.62. The molecular formula is C42H55N9O4S. The van der Waals surface area contributed by atoms with Crippen molar-refractivity contribution in [1.29, 1.82) is 0 Å². The lowest BCUT2D eigenvalue weighted by Gasteiger charge is -2.45. The number of phenolic OH excluding ortho intramolecular Hbond substituents is 1. The number of carbonyl (C=O) groups is 2. The van der Waals surface area contributed by atoms with Gasteiger partial charge in [0, 0.05) is 56.4 Å². The fourth-order valence-electron chi connectivity index (χ4n) is 7.59. The second-order valence-electron chi connectivity index (χ2n) is 16.5. The number of nitrogens with two attached hydrogens (primary N) is 1. The number of hydrogen-bond acceptors (Lipinski definition) is 12. The smallest absolute Gasteiger partial charge is 0.246 e. The number of hydrogen-bond donors (Lipinski definition) is 5. The van der Waals surface area contributed by atoms with Gasteiger partial charge in [0.25, 0.3) is 0 Å². The zero-order valence-corrected chi connectivity index (χ0v) is 34.2. The van der Waals surface area contributed by atoms with Crippen LogP contribution < -0.4 is 21.3 Å². The van der Waals surface area contributed by atoms with Gasteiger partial charge in [0.05, 0.1) is 45.1 Å². The van der Waals surface area contributed by atoms with Crippen LogP contribution in [0.5, 0.6) is 5.75 Å². The van der Waals surface area contributed by atoms with Crippen molar-refractivity contribution in [1.82, 2.24) is 35.6 Å². The van der Waals surface area contributed by atoms with E-state index >= 15 is 0 Å². The summed E-state index contributed by atoms with van der Waals surface area (Å²) in [7, 11) is 0. The number of piperazine rings is 1. The molecule has 298 valence electrons. The lowest BCUT2D eigenvalue weighted by atomic mass is 9.84. The minimum Gasteiger partial charge on any atom is -0.507 e. The van der Waals surface area contributed by atoms with E-state index in [2.05, 4.69) is 66.5 Å². The van der Waals surface area contributed by atoms with Crippen molar-refractivity contribution in [2.75, 3.05) is 43.4 Å². The van der Waals surface area contributed by atoms with Gasteiger partial charge in [-0.2, -0.15) is 0 Å². The number of nitrogen functional groups attached to an aromatic ring is 1. The first-order chi connectivity index (χ1) is 26.4. The molecule has 4 heterocycles. The number of aliphatic hydroxyl groups excluding tert-OH is 1. The Morgan fingerprint density at radius 3 is 2.30 bits per heavy atom. The number of benzene rings is 2. The summed E-state index contributed by atoms with van der Waals surface area (Å²) in [5.41, 5.74) is 12.2. The number of carbonyl (C=O) groups excluding carboxylic acids is 2. The molecule has 2 aliphatic rings. The third-order valence-electron chi connectivity index (χ3n) is 11.1. The number of rotatable bonds is 11. The molecule has 0 radical (unpaired) electrons. The van der Waals surface area contributed by atoms with E-state index in [1.165, 1.54) is 0 Å². The lowest BCUT2D eigenvalue weighted by molar-refractivity contribution is -0.143. The van der Waals surface area contributed by atoms with Gasteiger partial charge < -0.3 is 36.4 Å². The number of likely N-dealkylation sites (tertiary alicyclic amines) is 1. The summed E-state index contributed by atoms with van der Waals surface area (Å²) in [5, 5.41) is 36.2. The maximum atomic E-state index is 14.5. The Morgan fingerprint density at radius 1 is 1.00 bits per heavy atom. The van der Waals surface area contributed by atoms with Crippen molar-refractivity contribution in [3.63, 3.8) is 0 Å². The zero-order valence-electron chi connectivity index (χ0n) is 33.4. The highest BCUT2D eigenvalue weighted by atomic mass is 32.1. The van der Waals surface area contributed by atoms with E-state index < -0.39 is 29.1 Å². The average Bonchev–Trinajstić information content (AvgIpc) is 3.78. The van der Waals surface area contributed by atoms with Gasteiger partial charge >= 0.3 is 0 Å². The van der Waals surface area contributed by atoms with Gasteiger partial charge in [0.2, 0.25) is 11.8 Å². The number of thiazole rings is 1. The second kappa shape index (κ2) is 16.2. The molecule has 14 heteroatoms. The fraction of sp³-hybridized carbons (Fsp3) is 0.452. The summed E-state index contributed by atoms with van der Waals surface area (Å²) in [6.45, 7) is 20.4. The van der Waals surface area contributed by atoms with Crippen LogP contribution in [0.4, 0.5) is 11.5 Å². The van der Waals surface area contributed by atoms with Gasteiger partial charge in [0.15, 0.2) is 5.82 Å². The van der Waals surface area contributed by atoms with Crippen molar-refractivity contribution >= 4 is 34.7 Å². The number of nitrogens with zero attached hydrogens (tertiary/aromatic N) is 6. The topological polar surface area (TPSA) is 173 Å². The minimum absolute atomic E-state index is 0.0984. The molecule has 2 fully saturated rings. The molecule has 0 spiro atoms. The minimum atomic E-state index is -0.947. The number of β-amino-alcohol motifs (C(OH)–C–C–N with tert-alkyl or cyclic N) is 1. The van der Waals surface area contributed by atoms with Crippen molar-refractivity contribution in [3.8, 4) is 27.4 Å². The summed E-state index contributed by atoms with van der Waals surface area (Å²) < 4.78 is 0. The van der Waals surface area contributed by atoms with E-state index in [-0.39, 0.29) is 36.0 Å². The summed E-state index contributed by atoms with van der Waals surface area (Å²) in [6, 6.07) is 15.7. The average molecular weight is 782 g/mol. The Morgan fingerprint density at radius 2 is 1.68 bits per heavy atom. The number of amides is 2. The van der Waals surface area contributed by atoms with Crippen LogP contribution in [-0.4, -0.2) is 103 Å². The fourth-order valence-corrected chi connectivity index (χ4v) is 8.40. The van der Waals surface area contributed by atoms with Crippen molar-refractivity contribution in [2.24, 2.45) is 5.41 Å². The third-order valence-corrected chi connectivity index (χ3v) is 12.1. The predicted molar refractivity (Wildman–Crippen MR) is 222 cm³/mol. The first-order valence-electron chi connectivity index (χ1n) is 19.1. The SMILES string of the molecule is C=C(N[C@@H](C)c1ccc(-c2scnc2C)cc1)[C@@H]1C[C@@H](O)CN1C(=O)[C@@H](NC(=O)C(C)(C)N1CCN(c2cc(-c3ccccc3O)nnc2N)CC1)C(C)(C)C. The number of aromatic hydroxyl groups is 1. The van der Waals surface area contributed by atoms with E-state index in [4.69, 9.17) is 5.73 Å². The number of phenols is 1. The Kier molecular flexibility index (Phi) is 11.7. The Labute approximate surface area is 333 Å². The molecule has 0 saturated carbocycles. The molecule has 2 saturated heterocycles. The number of aromatic nitrogens is 3. The van der Waals surface area contributed by atoms with Crippen molar-refractivity contribution in [2.45, 2.75) is 84.7 Å². The molecule has 2 aromatic heterocycles. The molecule has 13 nitrogen and oxygen atoms in total. The molecule has 2 aliphatic heterocycles. The zero-order chi connectivity index (χ0) is 40.5. The van der Waals surface area contributed by atoms with Crippen LogP contribution in [-0.2, 0) is 9.59 Å². The van der Waals surface area contributed by atoms with E-state index in [0.717, 1.165) is 21.7 Å². The Balaban J connectivity index is 1.10. The highest BCUT2D eigenvalue weighted by Crippen LogP contribution is 2.34. The lowest BCUT2D eigenvalue weighted by Crippen LogP contribution is -2.64. The monoisotopic (exact) mass is 781 g/mol. The third kappa shape index (κ3) is 8.52. The number of anilines is 2. The first-order valence-corrected chi connectivity index (χ1v) is 20.0. The quantitative estimate of drug-likeness (QED) is 0.137. The number of aryl methyl sites for hydroxylation is 1. The van der Waals surface area contributed by atoms with Crippen LogP contribution in [0.3, 0.4) is 0 Å². The molecule has 6 rings (SSSR count). The van der Waals surface area contributed by atoms with Crippen LogP contribution in [0.25, 0.3) is 21.7 Å². The molecule has 0 unspecified atom stereocenters. The maximum Gasteiger partial charge on any atom is 0.246 e. The number of para-hydroxylation sites is 1. The summed E-state index contributed by atoms with van der Waals surface area (Å²) in [4.78, 5) is 40.1. The Bertz CT molecular complexity index is 2050. The second-order valence-corrected chi connectivity index (χ2v) is 17.4. The van der Waals surface area contributed by atoms with Gasteiger partial charge in [-0.05, 0) is 62.4 Å². The highest BCUT2D eigenvalue weighted by Gasteiger charge is 2.45. The molecule has 0 bridgehead atoms. The number of nitrogens with one attached hydrogen (secondary N) is 2. The summed E-state index contributed by atoms with van der Waals surface area (Å²) in [5.74, 6) is -0.121. The molecular weight excluding hydrogens is 727 g/mol. The molecule has 0 aliphatic carbocycles. The van der Waals surface area contributed by atoms with Gasteiger partial charge in [-0.25, -0.2) is 4.98 Å². The molecule has 4 atom stereocenters. The predicted octanol–water partition coefficient (Wildman–Crippen LogP) is 5.12. The van der Waals surface area contributed by atoms with E-state index in [1.54, 1.807) is 34.4 Å². The van der Waals surface area contributed by atoms with E-state index in [9.17, 15) is 19.8 Å². The van der Waals surface area contributed by atoms with Gasteiger partial charge in [-0.3, -0.25) is 14.5 Å². The number of aliphatic hydroxyl groups is 1. The molecule has 6 N–H and O–H groups in total. The summed E-state index contributed by atoms with van der Waals surface area (Å²) in [6.07, 6.45) is -0.372. The van der Waals surface area contributed by atoms with E-state index in [0.29, 0.717) is 55.2 Å².